The number of nitrogens with one attached hydrogen (secondary N) is 1. The summed E-state index contributed by atoms with van der Waals surface area (Å²) in [6, 6.07) is 7.52. The lowest BCUT2D eigenvalue weighted by molar-refractivity contribution is -0.242. The maximum Gasteiger partial charge on any atom is 0.427 e. The van der Waals surface area contributed by atoms with Crippen LogP contribution in [0.1, 0.15) is 51.0 Å². The highest BCUT2D eigenvalue weighted by molar-refractivity contribution is 7.92. The molecule has 1 atom stereocenters. The van der Waals surface area contributed by atoms with Crippen LogP contribution in [0.25, 0.3) is 0 Å². The van der Waals surface area contributed by atoms with Gasteiger partial charge in [0, 0.05) is 12.1 Å². The number of rotatable bonds is 8. The van der Waals surface area contributed by atoms with E-state index < -0.39 is 50.7 Å². The number of fused-ring (bicyclic) bond motifs is 1. The van der Waals surface area contributed by atoms with Crippen molar-refractivity contribution in [3.05, 3.63) is 47.8 Å². The van der Waals surface area contributed by atoms with Crippen LogP contribution in [0.2, 0.25) is 0 Å². The van der Waals surface area contributed by atoms with Crippen LogP contribution in [-0.4, -0.2) is 50.0 Å². The van der Waals surface area contributed by atoms with Crippen molar-refractivity contribution in [1.82, 2.24) is 0 Å². The summed E-state index contributed by atoms with van der Waals surface area (Å²) in [6.45, 7) is 0.969. The molecular weight excluding hydrogens is 548 g/mol. The summed E-state index contributed by atoms with van der Waals surface area (Å²) in [5.41, 5.74) is -2.37. The van der Waals surface area contributed by atoms with E-state index in [-0.39, 0.29) is 42.4 Å². The van der Waals surface area contributed by atoms with Crippen molar-refractivity contribution in [3.8, 4) is 5.75 Å². The van der Waals surface area contributed by atoms with Crippen LogP contribution >= 0.6 is 0 Å². The number of ether oxygens (including phenoxy) is 2. The molecule has 9 nitrogen and oxygen atoms in total. The quantitative estimate of drug-likeness (QED) is 0.404. The van der Waals surface area contributed by atoms with Crippen molar-refractivity contribution < 1.29 is 50.1 Å². The minimum Gasteiger partial charge on any atom is -0.486 e. The van der Waals surface area contributed by atoms with Gasteiger partial charge in [0.05, 0.1) is 12.2 Å². The Morgan fingerprint density at radius 3 is 2.46 bits per heavy atom. The maximum atomic E-state index is 14.9. The molecule has 0 radical (unpaired) electrons. The number of carboxylic acids is 1. The van der Waals surface area contributed by atoms with Crippen molar-refractivity contribution in [1.29, 1.82) is 0 Å². The second kappa shape index (κ2) is 10.2. The Balaban J connectivity index is 1.69. The molecule has 4 rings (SSSR count). The molecule has 2 aliphatic rings. The SMILES string of the molecule is CC(C)(OC(=O)Nc1ccc2c(c1)N(S(=O)(=O)c1cc(C3CC3)ccc1F)C[C@H](CCC(=O)O)O2)C(F)(F)F. The highest BCUT2D eigenvalue weighted by atomic mass is 32.2. The molecule has 0 aromatic heterocycles. The van der Waals surface area contributed by atoms with Gasteiger partial charge in [-0.05, 0) is 74.9 Å². The van der Waals surface area contributed by atoms with Crippen LogP contribution in [0.3, 0.4) is 0 Å². The summed E-state index contributed by atoms with van der Waals surface area (Å²) < 4.78 is 92.8. The molecule has 0 saturated heterocycles. The van der Waals surface area contributed by atoms with Gasteiger partial charge in [-0.1, -0.05) is 6.07 Å². The van der Waals surface area contributed by atoms with Crippen LogP contribution in [0.5, 0.6) is 5.75 Å². The largest absolute Gasteiger partial charge is 0.486 e. The maximum absolute atomic E-state index is 14.9. The molecule has 1 saturated carbocycles. The third kappa shape index (κ3) is 6.21. The van der Waals surface area contributed by atoms with Crippen molar-refractivity contribution in [3.63, 3.8) is 0 Å². The fourth-order valence-electron chi connectivity index (χ4n) is 3.99. The molecule has 1 amide bonds. The predicted octanol–water partition coefficient (Wildman–Crippen LogP) is 5.41. The van der Waals surface area contributed by atoms with Gasteiger partial charge in [0.15, 0.2) is 0 Å². The standard InChI is InChI=1S/C25H26F4N2O7S/c1-24(2,25(27,28)29)38-23(34)30-16-6-9-20-19(12-16)31(13-17(37-20)7-10-22(32)33)39(35,36)21-11-15(14-3-4-14)5-8-18(21)26/h5-6,8-9,11-12,14,17H,3-4,7,10,13H2,1-2H3,(H,30,34)(H,32,33)/t17-/m0/s1. The van der Waals surface area contributed by atoms with Gasteiger partial charge in [0.25, 0.3) is 10.0 Å². The summed E-state index contributed by atoms with van der Waals surface area (Å²) in [4.78, 5) is 22.7. The van der Waals surface area contributed by atoms with Crippen LogP contribution in [0.4, 0.5) is 33.7 Å². The molecule has 0 spiro atoms. The summed E-state index contributed by atoms with van der Waals surface area (Å²) >= 11 is 0. The number of carbonyl (C=O) groups excluding carboxylic acids is 1. The van der Waals surface area contributed by atoms with Crippen LogP contribution in [0.15, 0.2) is 41.3 Å². The first-order valence-electron chi connectivity index (χ1n) is 12.0. The first kappa shape index (κ1) is 28.5. The van der Waals surface area contributed by atoms with Gasteiger partial charge in [0.1, 0.15) is 22.6 Å². The van der Waals surface area contributed by atoms with Gasteiger partial charge < -0.3 is 14.6 Å². The molecule has 1 heterocycles. The zero-order chi connectivity index (χ0) is 28.8. The van der Waals surface area contributed by atoms with E-state index in [0.29, 0.717) is 19.4 Å². The lowest BCUT2D eigenvalue weighted by Gasteiger charge is -2.36. The molecule has 2 aromatic carbocycles. The topological polar surface area (TPSA) is 122 Å². The number of anilines is 2. The fraction of sp³-hybridized carbons (Fsp3) is 0.440. The number of nitrogens with zero attached hydrogens (tertiary/aromatic N) is 1. The molecule has 1 aliphatic carbocycles. The Kier molecular flexibility index (Phi) is 7.45. The first-order valence-corrected chi connectivity index (χ1v) is 13.4. The molecule has 1 aliphatic heterocycles. The minimum atomic E-state index is -4.84. The summed E-state index contributed by atoms with van der Waals surface area (Å²) in [6.07, 6.45) is -5.86. The van der Waals surface area contributed by atoms with Gasteiger partial charge in [-0.25, -0.2) is 17.6 Å². The number of sulfonamides is 1. The lowest BCUT2D eigenvalue weighted by atomic mass is 10.1. The van der Waals surface area contributed by atoms with Gasteiger partial charge in [0.2, 0.25) is 5.60 Å². The van der Waals surface area contributed by atoms with E-state index in [4.69, 9.17) is 9.84 Å². The number of carbonyl (C=O) groups is 2. The molecule has 14 heteroatoms. The number of aliphatic carboxylic acids is 1. The predicted molar refractivity (Wildman–Crippen MR) is 131 cm³/mol. The molecule has 0 unspecified atom stereocenters. The average molecular weight is 575 g/mol. The zero-order valence-electron chi connectivity index (χ0n) is 20.9. The van der Waals surface area contributed by atoms with Crippen molar-refractivity contribution in [2.24, 2.45) is 0 Å². The highest BCUT2D eigenvalue weighted by Gasteiger charge is 2.51. The number of amides is 1. The van der Waals surface area contributed by atoms with E-state index in [0.717, 1.165) is 29.3 Å². The monoisotopic (exact) mass is 574 g/mol. The Labute approximate surface area is 221 Å². The molecule has 0 bridgehead atoms. The fourth-order valence-corrected chi connectivity index (χ4v) is 5.59. The van der Waals surface area contributed by atoms with E-state index in [1.165, 1.54) is 24.3 Å². The summed E-state index contributed by atoms with van der Waals surface area (Å²) in [5.74, 6) is -1.99. The average Bonchev–Trinajstić information content (AvgIpc) is 3.67. The first-order chi connectivity index (χ1) is 18.1. The second-order valence-corrected chi connectivity index (χ2v) is 11.7. The Morgan fingerprint density at radius 1 is 1.15 bits per heavy atom. The Morgan fingerprint density at radius 2 is 1.85 bits per heavy atom. The highest BCUT2D eigenvalue weighted by Crippen LogP contribution is 2.43. The number of carboxylic acid groups (broad SMARTS) is 1. The summed E-state index contributed by atoms with van der Waals surface area (Å²) in [5, 5.41) is 11.2. The zero-order valence-corrected chi connectivity index (χ0v) is 21.7. The van der Waals surface area contributed by atoms with E-state index in [9.17, 15) is 35.6 Å². The third-order valence-electron chi connectivity index (χ3n) is 6.42. The van der Waals surface area contributed by atoms with Gasteiger partial charge in [-0.3, -0.25) is 14.4 Å². The number of hydrogen-bond acceptors (Lipinski definition) is 6. The van der Waals surface area contributed by atoms with E-state index >= 15 is 0 Å². The molecule has 2 N–H and O–H groups in total. The van der Waals surface area contributed by atoms with Crippen LogP contribution in [0, 0.1) is 5.82 Å². The second-order valence-electron chi connectivity index (χ2n) is 9.88. The van der Waals surface area contributed by atoms with E-state index in [1.54, 1.807) is 0 Å². The van der Waals surface area contributed by atoms with Gasteiger partial charge in [-0.15, -0.1) is 0 Å². The number of halogens is 4. The van der Waals surface area contributed by atoms with E-state index in [1.807, 2.05) is 0 Å². The molecule has 1 fully saturated rings. The van der Waals surface area contributed by atoms with Crippen molar-refractivity contribution in [2.45, 2.75) is 68.2 Å². The molecule has 2 aromatic rings. The summed E-state index contributed by atoms with van der Waals surface area (Å²) in [7, 11) is -4.56. The minimum absolute atomic E-state index is 0.00601. The van der Waals surface area contributed by atoms with Crippen molar-refractivity contribution in [2.75, 3.05) is 16.2 Å². The van der Waals surface area contributed by atoms with E-state index in [2.05, 4.69) is 10.1 Å². The number of hydrogen-bond donors (Lipinski definition) is 2. The number of benzene rings is 2. The van der Waals surface area contributed by atoms with Crippen molar-refractivity contribution >= 4 is 33.5 Å². The van der Waals surface area contributed by atoms with Crippen LogP contribution in [-0.2, 0) is 19.6 Å². The third-order valence-corrected chi connectivity index (χ3v) is 8.21. The van der Waals surface area contributed by atoms with Crippen LogP contribution < -0.4 is 14.4 Å². The van der Waals surface area contributed by atoms with Gasteiger partial charge in [-0.2, -0.15) is 13.2 Å². The lowest BCUT2D eigenvalue weighted by Crippen LogP contribution is -2.44. The molecule has 39 heavy (non-hydrogen) atoms. The smallest absolute Gasteiger partial charge is 0.427 e. The number of alkyl halides is 3. The Hall–Kier alpha value is -3.55. The van der Waals surface area contributed by atoms with Gasteiger partial charge >= 0.3 is 18.2 Å². The Bertz CT molecular complexity index is 1390. The normalized spacial score (nSPS) is 17.7. The molecule has 212 valence electrons. The molecular formula is C25H26F4N2O7S.